The van der Waals surface area contributed by atoms with Crippen molar-refractivity contribution in [3.63, 3.8) is 0 Å². The van der Waals surface area contributed by atoms with Crippen LogP contribution in [-0.4, -0.2) is 10.2 Å². The first-order valence-electron chi connectivity index (χ1n) is 13.5. The van der Waals surface area contributed by atoms with Crippen LogP contribution >= 0.6 is 0 Å². The average molecular weight is 483 g/mol. The molecule has 2 aliphatic rings. The first-order valence-corrected chi connectivity index (χ1v) is 13.5. The molecule has 0 bridgehead atoms. The zero-order valence-electron chi connectivity index (χ0n) is 21.8. The number of phenols is 1. The first kappa shape index (κ1) is 24.5. The second-order valence-electron chi connectivity index (χ2n) is 11.1. The number of ether oxygens (including phenoxy) is 1. The topological polar surface area (TPSA) is 49.7 Å². The van der Waals surface area contributed by atoms with Crippen LogP contribution in [0.2, 0.25) is 0 Å². The van der Waals surface area contributed by atoms with Gasteiger partial charge in [-0.15, -0.1) is 0 Å². The van der Waals surface area contributed by atoms with E-state index in [1.165, 1.54) is 38.5 Å². The summed E-state index contributed by atoms with van der Waals surface area (Å²) in [5, 5.41) is 22.9. The molecule has 1 saturated carbocycles. The average Bonchev–Trinajstić information content (AvgIpc) is 2.86. The van der Waals surface area contributed by atoms with Crippen LogP contribution in [0.1, 0.15) is 80.5 Å². The van der Waals surface area contributed by atoms with E-state index < -0.39 is 0 Å². The maximum absolute atomic E-state index is 10.4. The van der Waals surface area contributed by atoms with Crippen molar-refractivity contribution in [2.75, 3.05) is 0 Å². The maximum atomic E-state index is 10.4. The van der Waals surface area contributed by atoms with Crippen LogP contribution in [0, 0.1) is 19.8 Å². The number of phenolic OH excluding ortho intramolecular Hbond substituents is 1. The summed E-state index contributed by atoms with van der Waals surface area (Å²) in [7, 11) is 0. The lowest BCUT2D eigenvalue weighted by atomic mass is 9.70. The number of rotatable bonds is 4. The number of benzene rings is 2. The molecule has 0 saturated heterocycles. The van der Waals surface area contributed by atoms with Crippen LogP contribution in [0.5, 0.6) is 23.0 Å². The van der Waals surface area contributed by atoms with Crippen molar-refractivity contribution in [2.24, 2.45) is 5.92 Å². The zero-order valence-corrected chi connectivity index (χ0v) is 21.8. The molecule has 0 radical (unpaired) electrons. The van der Waals surface area contributed by atoms with E-state index in [0.717, 1.165) is 63.3 Å². The van der Waals surface area contributed by atoms with E-state index in [9.17, 15) is 10.2 Å². The lowest BCUT2D eigenvalue weighted by molar-refractivity contribution is 0.313. The standard InChI is InChI=1S/C33H38O3/c1-22-10-7-16-31-27(14-8-15-29(22)34)33(3,17-9-13-24-11-5-4-6-12-24)28-19-26-20-30(35)23(2)18-25(26)21-32(28)36-31/h7-8,10,14-16,18-21,24,34-35H,4-6,9,11-13,17H2,1-3H3. The number of fused-ring (bicyclic) bond motifs is 3. The molecule has 5 rings (SSSR count). The molecule has 3 aromatic rings. The molecule has 1 aliphatic heterocycles. The molecular weight excluding hydrogens is 444 g/mol. The lowest BCUT2D eigenvalue weighted by Gasteiger charge is -2.38. The number of aromatic hydroxyl groups is 2. The fourth-order valence-corrected chi connectivity index (χ4v) is 6.15. The highest BCUT2D eigenvalue weighted by molar-refractivity contribution is 5.88. The Morgan fingerprint density at radius 3 is 2.33 bits per heavy atom. The Morgan fingerprint density at radius 1 is 0.778 bits per heavy atom. The predicted octanol–water partition coefficient (Wildman–Crippen LogP) is 9.15. The van der Waals surface area contributed by atoms with Gasteiger partial charge in [-0.1, -0.05) is 76.1 Å². The van der Waals surface area contributed by atoms with Crippen molar-refractivity contribution in [1.29, 1.82) is 0 Å². The van der Waals surface area contributed by atoms with Gasteiger partial charge in [-0.3, -0.25) is 0 Å². The molecule has 3 aromatic carbocycles. The highest BCUT2D eigenvalue weighted by Gasteiger charge is 2.38. The Hall–Kier alpha value is -3.20. The van der Waals surface area contributed by atoms with E-state index in [0.29, 0.717) is 5.75 Å². The summed E-state index contributed by atoms with van der Waals surface area (Å²) in [4.78, 5) is 0. The Labute approximate surface area is 215 Å². The Kier molecular flexibility index (Phi) is 6.83. The van der Waals surface area contributed by atoms with Gasteiger partial charge in [0.25, 0.3) is 0 Å². The van der Waals surface area contributed by atoms with Crippen molar-refractivity contribution >= 4 is 10.8 Å². The third kappa shape index (κ3) is 4.76. The zero-order chi connectivity index (χ0) is 25.3. The molecule has 188 valence electrons. The highest BCUT2D eigenvalue weighted by atomic mass is 16.5. The van der Waals surface area contributed by atoms with Gasteiger partial charge in [-0.05, 0) is 84.5 Å². The Bertz CT molecular complexity index is 1320. The minimum Gasteiger partial charge on any atom is -0.508 e. The van der Waals surface area contributed by atoms with E-state index in [2.05, 4.69) is 25.1 Å². The van der Waals surface area contributed by atoms with E-state index >= 15 is 0 Å². The molecular formula is C33H38O3. The molecule has 1 heterocycles. The van der Waals surface area contributed by atoms with Crippen molar-refractivity contribution in [3.8, 4) is 23.0 Å². The molecule has 1 unspecified atom stereocenters. The summed E-state index contributed by atoms with van der Waals surface area (Å²) in [6.45, 7) is 6.16. The third-order valence-electron chi connectivity index (χ3n) is 8.46. The summed E-state index contributed by atoms with van der Waals surface area (Å²) in [6, 6.07) is 19.9. The SMILES string of the molecule is Cc1cccc2c(cccc1O)C(C)(CCCC1CCCCC1)c1cc3cc(O)c(C)cc3cc1O2. The molecule has 1 atom stereocenters. The Morgan fingerprint density at radius 2 is 1.53 bits per heavy atom. The summed E-state index contributed by atoms with van der Waals surface area (Å²) < 4.78 is 6.57. The van der Waals surface area contributed by atoms with Gasteiger partial charge < -0.3 is 14.9 Å². The van der Waals surface area contributed by atoms with Crippen LogP contribution in [0.25, 0.3) is 10.8 Å². The van der Waals surface area contributed by atoms with Crippen LogP contribution < -0.4 is 4.74 Å². The number of hydrogen-bond acceptors (Lipinski definition) is 3. The quantitative estimate of drug-likeness (QED) is 0.390. The van der Waals surface area contributed by atoms with Gasteiger partial charge >= 0.3 is 0 Å². The van der Waals surface area contributed by atoms with E-state index in [1.54, 1.807) is 6.07 Å². The van der Waals surface area contributed by atoms with Crippen molar-refractivity contribution < 1.29 is 14.9 Å². The van der Waals surface area contributed by atoms with Crippen molar-refractivity contribution in [2.45, 2.75) is 77.6 Å². The van der Waals surface area contributed by atoms with Gasteiger partial charge in [0.1, 0.15) is 23.0 Å². The summed E-state index contributed by atoms with van der Waals surface area (Å²) in [5.41, 5.74) is 3.71. The second kappa shape index (κ2) is 10.0. The second-order valence-corrected chi connectivity index (χ2v) is 11.1. The van der Waals surface area contributed by atoms with Gasteiger partial charge in [0.2, 0.25) is 0 Å². The lowest BCUT2D eigenvalue weighted by Crippen LogP contribution is -2.28. The van der Waals surface area contributed by atoms with Crippen molar-refractivity contribution in [1.82, 2.24) is 0 Å². The molecule has 2 N–H and O–H groups in total. The molecule has 0 spiro atoms. The van der Waals surface area contributed by atoms with Crippen LogP contribution in [0.4, 0.5) is 0 Å². The van der Waals surface area contributed by atoms with Gasteiger partial charge in [0.15, 0.2) is 0 Å². The molecule has 0 amide bonds. The number of aryl methyl sites for hydroxylation is 2. The molecule has 1 aliphatic carbocycles. The smallest absolute Gasteiger partial charge is 0.132 e. The normalized spacial score (nSPS) is 19.2. The summed E-state index contributed by atoms with van der Waals surface area (Å²) in [6.07, 6.45) is 10.3. The van der Waals surface area contributed by atoms with Crippen LogP contribution in [0.3, 0.4) is 0 Å². The molecule has 1 fully saturated rings. The third-order valence-corrected chi connectivity index (χ3v) is 8.46. The molecule has 3 heteroatoms. The largest absolute Gasteiger partial charge is 0.508 e. The van der Waals surface area contributed by atoms with Gasteiger partial charge in [-0.25, -0.2) is 0 Å². The molecule has 0 aromatic heterocycles. The number of hydrogen-bond donors (Lipinski definition) is 2. The van der Waals surface area contributed by atoms with Crippen LogP contribution in [-0.2, 0) is 5.41 Å². The van der Waals surface area contributed by atoms with E-state index in [-0.39, 0.29) is 11.2 Å². The fraction of sp³-hybridized carbons (Fsp3) is 0.394. The summed E-state index contributed by atoms with van der Waals surface area (Å²) >= 11 is 0. The molecule has 3 nitrogen and oxygen atoms in total. The highest BCUT2D eigenvalue weighted by Crippen LogP contribution is 2.51. The van der Waals surface area contributed by atoms with Gasteiger partial charge in [-0.2, -0.15) is 0 Å². The minimum atomic E-state index is -0.255. The van der Waals surface area contributed by atoms with E-state index in [4.69, 9.17) is 4.74 Å². The van der Waals surface area contributed by atoms with Gasteiger partial charge in [0, 0.05) is 16.5 Å². The Balaban J connectivity index is 1.63. The minimum absolute atomic E-state index is 0.255. The monoisotopic (exact) mass is 482 g/mol. The van der Waals surface area contributed by atoms with Crippen LogP contribution in [0.15, 0.2) is 60.7 Å². The van der Waals surface area contributed by atoms with E-state index in [1.807, 2.05) is 50.2 Å². The maximum Gasteiger partial charge on any atom is 0.132 e. The first-order chi connectivity index (χ1) is 17.3. The van der Waals surface area contributed by atoms with Gasteiger partial charge in [0.05, 0.1) is 0 Å². The fourth-order valence-electron chi connectivity index (χ4n) is 6.15. The predicted molar refractivity (Wildman–Crippen MR) is 148 cm³/mol. The van der Waals surface area contributed by atoms with Crippen molar-refractivity contribution in [3.05, 3.63) is 82.9 Å². The molecule has 36 heavy (non-hydrogen) atoms. The summed E-state index contributed by atoms with van der Waals surface area (Å²) in [5.74, 6) is 3.18.